The van der Waals surface area contributed by atoms with Gasteiger partial charge >= 0.3 is 0 Å². The molecule has 2 N–H and O–H groups in total. The van der Waals surface area contributed by atoms with Gasteiger partial charge in [0.15, 0.2) is 11.5 Å². The van der Waals surface area contributed by atoms with Crippen LogP contribution in [0, 0.1) is 0 Å². The molecule has 0 spiro atoms. The summed E-state index contributed by atoms with van der Waals surface area (Å²) in [5, 5.41) is 7.05. The molecule has 0 aliphatic rings. The second kappa shape index (κ2) is 10.3. The minimum atomic E-state index is -0.314. The monoisotopic (exact) mass is 404 g/mol. The molecule has 0 saturated heterocycles. The Hall–Kier alpha value is -3.13. The van der Waals surface area contributed by atoms with Crippen LogP contribution in [-0.4, -0.2) is 36.7 Å². The first-order valence-corrected chi connectivity index (χ1v) is 8.73. The number of hydrazone groups is 1. The lowest BCUT2D eigenvalue weighted by atomic mass is 10.1. The van der Waals surface area contributed by atoms with Crippen LogP contribution in [0.15, 0.2) is 41.6 Å². The molecule has 1 aromatic heterocycles. The Balaban J connectivity index is 1.85. The Kier molecular flexibility index (Phi) is 7.76. The predicted octanol–water partition coefficient (Wildman–Crippen LogP) is 2.82. The lowest BCUT2D eigenvalue weighted by molar-refractivity contribution is -0.120. The van der Waals surface area contributed by atoms with Gasteiger partial charge in [0, 0.05) is 11.9 Å². The van der Waals surface area contributed by atoms with E-state index in [1.54, 1.807) is 44.4 Å². The van der Waals surface area contributed by atoms with Gasteiger partial charge in [0.05, 0.1) is 32.1 Å². The van der Waals surface area contributed by atoms with Crippen molar-refractivity contribution in [1.29, 1.82) is 0 Å². The lowest BCUT2D eigenvalue weighted by Crippen LogP contribution is -2.23. The van der Waals surface area contributed by atoms with E-state index < -0.39 is 0 Å². The number of benzene rings is 1. The normalized spacial score (nSPS) is 10.9. The number of nitrogens with one attached hydrogen (secondary N) is 2. The average Bonchev–Trinajstić information content (AvgIpc) is 2.68. The van der Waals surface area contributed by atoms with Crippen molar-refractivity contribution in [3.8, 4) is 11.5 Å². The second-order valence-corrected chi connectivity index (χ2v) is 6.27. The third-order valence-electron chi connectivity index (χ3n) is 3.60. The Morgan fingerprint density at radius 3 is 2.50 bits per heavy atom. The fraction of sp³-hybridized carbons (Fsp3) is 0.263. The van der Waals surface area contributed by atoms with E-state index in [-0.39, 0.29) is 24.7 Å². The fourth-order valence-corrected chi connectivity index (χ4v) is 2.39. The lowest BCUT2D eigenvalue weighted by Gasteiger charge is -2.09. The molecule has 1 aromatic carbocycles. The zero-order valence-corrected chi connectivity index (χ0v) is 16.5. The minimum Gasteiger partial charge on any atom is -0.493 e. The van der Waals surface area contributed by atoms with Gasteiger partial charge in [0.1, 0.15) is 5.82 Å². The van der Waals surface area contributed by atoms with Crippen LogP contribution in [0.2, 0.25) is 5.02 Å². The highest BCUT2D eigenvalue weighted by molar-refractivity contribution is 6.30. The number of amides is 2. The molecule has 1 heterocycles. The zero-order valence-electron chi connectivity index (χ0n) is 15.8. The Morgan fingerprint density at radius 2 is 1.86 bits per heavy atom. The maximum absolute atomic E-state index is 12.1. The van der Waals surface area contributed by atoms with Crippen molar-refractivity contribution in [3.05, 3.63) is 47.1 Å². The molecule has 8 nitrogen and oxygen atoms in total. The summed E-state index contributed by atoms with van der Waals surface area (Å²) < 4.78 is 10.4. The van der Waals surface area contributed by atoms with Crippen LogP contribution in [0.3, 0.4) is 0 Å². The van der Waals surface area contributed by atoms with E-state index in [0.717, 1.165) is 5.56 Å². The number of ether oxygens (including phenoxy) is 2. The summed E-state index contributed by atoms with van der Waals surface area (Å²) >= 11 is 5.75. The van der Waals surface area contributed by atoms with Gasteiger partial charge in [-0.3, -0.25) is 9.59 Å². The van der Waals surface area contributed by atoms with Gasteiger partial charge in [0.25, 0.3) is 0 Å². The van der Waals surface area contributed by atoms with Gasteiger partial charge in [-0.25, -0.2) is 10.4 Å². The van der Waals surface area contributed by atoms with Crippen LogP contribution in [0.4, 0.5) is 5.82 Å². The van der Waals surface area contributed by atoms with E-state index in [4.69, 9.17) is 21.1 Å². The number of hydrogen-bond acceptors (Lipinski definition) is 6. The van der Waals surface area contributed by atoms with Gasteiger partial charge in [-0.2, -0.15) is 5.10 Å². The van der Waals surface area contributed by atoms with Crippen molar-refractivity contribution >= 4 is 34.9 Å². The summed E-state index contributed by atoms with van der Waals surface area (Å²) in [6.07, 6.45) is 1.56. The van der Waals surface area contributed by atoms with Crippen LogP contribution >= 0.6 is 11.6 Å². The van der Waals surface area contributed by atoms with Crippen molar-refractivity contribution in [1.82, 2.24) is 10.4 Å². The van der Waals surface area contributed by atoms with E-state index in [9.17, 15) is 9.59 Å². The number of rotatable bonds is 8. The molecule has 2 rings (SSSR count). The van der Waals surface area contributed by atoms with Crippen molar-refractivity contribution in [2.24, 2.45) is 5.10 Å². The SMILES string of the molecule is COc1ccc(CC(=O)NN=C(C)CC(=O)Nc2ccc(Cl)cn2)cc1OC. The van der Waals surface area contributed by atoms with Crippen LogP contribution in [0.25, 0.3) is 0 Å². The zero-order chi connectivity index (χ0) is 20.5. The molecule has 148 valence electrons. The van der Waals surface area contributed by atoms with Crippen LogP contribution < -0.4 is 20.2 Å². The molecule has 0 aliphatic carbocycles. The number of hydrogen-bond donors (Lipinski definition) is 2. The van der Waals surface area contributed by atoms with E-state index in [0.29, 0.717) is 28.1 Å². The van der Waals surface area contributed by atoms with E-state index in [1.807, 2.05) is 0 Å². The third-order valence-corrected chi connectivity index (χ3v) is 3.82. The van der Waals surface area contributed by atoms with Crippen molar-refractivity contribution in [2.75, 3.05) is 19.5 Å². The first kappa shape index (κ1) is 21.2. The standard InChI is InChI=1S/C19H21ClN4O4/c1-12(8-18(25)22-17-7-5-14(20)11-21-17)23-24-19(26)10-13-4-6-15(27-2)16(9-13)28-3/h4-7,9,11H,8,10H2,1-3H3,(H,24,26)(H,21,22,25). The van der Waals surface area contributed by atoms with Gasteiger partial charge in [-0.15, -0.1) is 0 Å². The molecular weight excluding hydrogens is 384 g/mol. The fourth-order valence-electron chi connectivity index (χ4n) is 2.28. The molecule has 0 saturated carbocycles. The molecular formula is C19H21ClN4O4. The number of carbonyl (C=O) groups excluding carboxylic acids is 2. The molecule has 0 atom stereocenters. The van der Waals surface area contributed by atoms with Gasteiger partial charge in [-0.05, 0) is 36.8 Å². The first-order valence-electron chi connectivity index (χ1n) is 8.35. The maximum atomic E-state index is 12.1. The summed E-state index contributed by atoms with van der Waals surface area (Å²) in [7, 11) is 3.07. The highest BCUT2D eigenvalue weighted by Gasteiger charge is 2.09. The Bertz CT molecular complexity index is 869. The van der Waals surface area contributed by atoms with Crippen molar-refractivity contribution in [2.45, 2.75) is 19.8 Å². The molecule has 2 amide bonds. The van der Waals surface area contributed by atoms with Gasteiger partial charge in [-0.1, -0.05) is 17.7 Å². The third kappa shape index (κ3) is 6.55. The maximum Gasteiger partial charge on any atom is 0.244 e. The van der Waals surface area contributed by atoms with Gasteiger partial charge < -0.3 is 14.8 Å². The molecule has 2 aromatic rings. The average molecular weight is 405 g/mol. The predicted molar refractivity (Wildman–Crippen MR) is 107 cm³/mol. The van der Waals surface area contributed by atoms with Crippen LogP contribution in [0.5, 0.6) is 11.5 Å². The molecule has 28 heavy (non-hydrogen) atoms. The molecule has 0 aliphatic heterocycles. The van der Waals surface area contributed by atoms with Crippen molar-refractivity contribution < 1.29 is 19.1 Å². The molecule has 9 heteroatoms. The number of carbonyl (C=O) groups is 2. The van der Waals surface area contributed by atoms with Gasteiger partial charge in [0.2, 0.25) is 11.8 Å². The second-order valence-electron chi connectivity index (χ2n) is 5.83. The molecule has 0 radical (unpaired) electrons. The Labute approximate surface area is 167 Å². The number of pyridine rings is 1. The summed E-state index contributed by atoms with van der Waals surface area (Å²) in [6.45, 7) is 1.64. The summed E-state index contributed by atoms with van der Waals surface area (Å²) in [4.78, 5) is 28.0. The molecule has 0 unspecified atom stereocenters. The number of methoxy groups -OCH3 is 2. The van der Waals surface area contributed by atoms with Crippen LogP contribution in [-0.2, 0) is 16.0 Å². The van der Waals surface area contributed by atoms with E-state index in [1.165, 1.54) is 13.3 Å². The minimum absolute atomic E-state index is 0.0148. The summed E-state index contributed by atoms with van der Waals surface area (Å²) in [5.74, 6) is 0.901. The number of nitrogens with zero attached hydrogens (tertiary/aromatic N) is 2. The molecule has 0 bridgehead atoms. The quantitative estimate of drug-likeness (QED) is 0.520. The highest BCUT2D eigenvalue weighted by atomic mass is 35.5. The topological polar surface area (TPSA) is 102 Å². The smallest absolute Gasteiger partial charge is 0.244 e. The first-order chi connectivity index (χ1) is 13.4. The van der Waals surface area contributed by atoms with Crippen LogP contribution in [0.1, 0.15) is 18.9 Å². The highest BCUT2D eigenvalue weighted by Crippen LogP contribution is 2.27. The number of halogens is 1. The van der Waals surface area contributed by atoms with Crippen molar-refractivity contribution in [3.63, 3.8) is 0 Å². The number of aromatic nitrogens is 1. The molecule has 0 fully saturated rings. The van der Waals surface area contributed by atoms with E-state index >= 15 is 0 Å². The summed E-state index contributed by atoms with van der Waals surface area (Å²) in [5.41, 5.74) is 3.63. The van der Waals surface area contributed by atoms with E-state index in [2.05, 4.69) is 20.8 Å². The number of anilines is 1. The summed E-state index contributed by atoms with van der Waals surface area (Å²) in [6, 6.07) is 8.44. The Morgan fingerprint density at radius 1 is 1.11 bits per heavy atom. The largest absolute Gasteiger partial charge is 0.493 e.